The highest BCUT2D eigenvalue weighted by molar-refractivity contribution is 6.31. The number of hydrogen-bond donors (Lipinski definition) is 2. The fraction of sp³-hybridized carbons (Fsp3) is 0.188. The number of amides is 1. The molecule has 0 aliphatic rings. The van der Waals surface area contributed by atoms with E-state index in [0.29, 0.717) is 16.3 Å². The van der Waals surface area contributed by atoms with Gasteiger partial charge in [0, 0.05) is 17.3 Å². The molecule has 5 heteroatoms. The van der Waals surface area contributed by atoms with Crippen molar-refractivity contribution in [2.45, 2.75) is 6.54 Å². The Bertz CT molecular complexity index is 644. The normalized spacial score (nSPS) is 10.2. The van der Waals surface area contributed by atoms with Crippen LogP contribution in [0.3, 0.4) is 0 Å². The van der Waals surface area contributed by atoms with E-state index in [1.54, 1.807) is 18.2 Å². The van der Waals surface area contributed by atoms with Crippen molar-refractivity contribution >= 4 is 23.2 Å². The van der Waals surface area contributed by atoms with E-state index in [1.165, 1.54) is 7.11 Å². The molecule has 1 amide bonds. The molecule has 2 aromatic rings. The monoisotopic (exact) mass is 304 g/mol. The van der Waals surface area contributed by atoms with Gasteiger partial charge in [-0.2, -0.15) is 0 Å². The summed E-state index contributed by atoms with van der Waals surface area (Å²) >= 11 is 5.94. The number of nitrogens with one attached hydrogen (secondary N) is 2. The van der Waals surface area contributed by atoms with Gasteiger partial charge < -0.3 is 15.4 Å². The van der Waals surface area contributed by atoms with Crippen molar-refractivity contribution in [2.24, 2.45) is 0 Å². The van der Waals surface area contributed by atoms with E-state index < -0.39 is 0 Å². The van der Waals surface area contributed by atoms with Crippen LogP contribution < -0.4 is 15.4 Å². The summed E-state index contributed by atoms with van der Waals surface area (Å²) in [4.78, 5) is 12.3. The molecule has 0 aliphatic heterocycles. The Morgan fingerprint density at radius 1 is 1.24 bits per heavy atom. The molecule has 2 rings (SSSR count). The van der Waals surface area contributed by atoms with Gasteiger partial charge in [-0.25, -0.2) is 0 Å². The number of anilines is 1. The van der Waals surface area contributed by atoms with Crippen LogP contribution in [0, 0.1) is 0 Å². The van der Waals surface area contributed by atoms with E-state index in [4.69, 9.17) is 16.3 Å². The van der Waals surface area contributed by atoms with Crippen LogP contribution in [0.15, 0.2) is 42.5 Å². The van der Waals surface area contributed by atoms with Gasteiger partial charge in [0.2, 0.25) is 0 Å². The molecule has 0 bridgehead atoms. The average molecular weight is 305 g/mol. The van der Waals surface area contributed by atoms with E-state index in [0.717, 1.165) is 17.8 Å². The Labute approximate surface area is 129 Å². The van der Waals surface area contributed by atoms with Gasteiger partial charge in [0.15, 0.2) is 0 Å². The molecule has 0 saturated carbocycles. The SMILES string of the molecule is CNCc1cccc(NC(=O)c2cc(Cl)ccc2OC)c1. The number of rotatable bonds is 5. The highest BCUT2D eigenvalue weighted by Gasteiger charge is 2.13. The second-order valence-corrected chi connectivity index (χ2v) is 4.97. The number of ether oxygens (including phenoxy) is 1. The molecule has 0 heterocycles. The Balaban J connectivity index is 2.21. The molecule has 0 aliphatic carbocycles. The summed E-state index contributed by atoms with van der Waals surface area (Å²) in [5.41, 5.74) is 2.23. The van der Waals surface area contributed by atoms with Crippen LogP contribution in [-0.2, 0) is 6.54 Å². The third-order valence-corrected chi connectivity index (χ3v) is 3.21. The lowest BCUT2D eigenvalue weighted by atomic mass is 10.1. The van der Waals surface area contributed by atoms with E-state index in [9.17, 15) is 4.79 Å². The first-order chi connectivity index (χ1) is 10.1. The van der Waals surface area contributed by atoms with Crippen molar-refractivity contribution in [1.82, 2.24) is 5.32 Å². The second kappa shape index (κ2) is 7.11. The van der Waals surface area contributed by atoms with E-state index in [1.807, 2.05) is 31.3 Å². The quantitative estimate of drug-likeness (QED) is 0.891. The Morgan fingerprint density at radius 3 is 2.76 bits per heavy atom. The highest BCUT2D eigenvalue weighted by atomic mass is 35.5. The molecule has 0 spiro atoms. The number of carbonyl (C=O) groups excluding carboxylic acids is 1. The first-order valence-corrected chi connectivity index (χ1v) is 6.90. The maximum absolute atomic E-state index is 12.3. The second-order valence-electron chi connectivity index (χ2n) is 4.53. The Morgan fingerprint density at radius 2 is 2.05 bits per heavy atom. The largest absolute Gasteiger partial charge is 0.496 e. The summed E-state index contributed by atoms with van der Waals surface area (Å²) < 4.78 is 5.19. The zero-order chi connectivity index (χ0) is 15.2. The van der Waals surface area contributed by atoms with Crippen LogP contribution in [0.2, 0.25) is 5.02 Å². The lowest BCUT2D eigenvalue weighted by Gasteiger charge is -2.10. The third-order valence-electron chi connectivity index (χ3n) is 2.97. The minimum atomic E-state index is -0.254. The predicted octanol–water partition coefficient (Wildman–Crippen LogP) is 3.32. The number of methoxy groups -OCH3 is 1. The maximum Gasteiger partial charge on any atom is 0.259 e. The van der Waals surface area contributed by atoms with E-state index in [-0.39, 0.29) is 5.91 Å². The molecule has 110 valence electrons. The van der Waals surface area contributed by atoms with Gasteiger partial charge in [0.05, 0.1) is 12.7 Å². The van der Waals surface area contributed by atoms with Crippen molar-refractivity contribution < 1.29 is 9.53 Å². The molecule has 0 aromatic heterocycles. The molecule has 0 saturated heterocycles. The topological polar surface area (TPSA) is 50.4 Å². The molecule has 0 atom stereocenters. The molecule has 0 unspecified atom stereocenters. The zero-order valence-electron chi connectivity index (χ0n) is 11.9. The summed E-state index contributed by atoms with van der Waals surface area (Å²) in [5, 5.41) is 6.42. The van der Waals surface area contributed by atoms with Crippen molar-refractivity contribution in [3.05, 3.63) is 58.6 Å². The molecule has 0 fully saturated rings. The van der Waals surface area contributed by atoms with Crippen molar-refractivity contribution in [3.63, 3.8) is 0 Å². The van der Waals surface area contributed by atoms with Gasteiger partial charge in [-0.15, -0.1) is 0 Å². The number of halogens is 1. The van der Waals surface area contributed by atoms with E-state index in [2.05, 4.69) is 10.6 Å². The predicted molar refractivity (Wildman–Crippen MR) is 85.2 cm³/mol. The lowest BCUT2D eigenvalue weighted by Crippen LogP contribution is -2.13. The van der Waals surface area contributed by atoms with Gasteiger partial charge in [-0.3, -0.25) is 4.79 Å². The Hall–Kier alpha value is -2.04. The molecule has 0 radical (unpaired) electrons. The van der Waals surface area contributed by atoms with Gasteiger partial charge in [-0.05, 0) is 42.9 Å². The van der Waals surface area contributed by atoms with Crippen molar-refractivity contribution in [3.8, 4) is 5.75 Å². The molecular formula is C16H17ClN2O2. The Kier molecular flexibility index (Phi) is 5.20. The number of carbonyl (C=O) groups is 1. The van der Waals surface area contributed by atoms with Crippen molar-refractivity contribution in [1.29, 1.82) is 0 Å². The van der Waals surface area contributed by atoms with Gasteiger partial charge >= 0.3 is 0 Å². The summed E-state index contributed by atoms with van der Waals surface area (Å²) in [6, 6.07) is 12.6. The van der Waals surface area contributed by atoms with Gasteiger partial charge in [-0.1, -0.05) is 23.7 Å². The van der Waals surface area contributed by atoms with Crippen LogP contribution >= 0.6 is 11.6 Å². The minimum Gasteiger partial charge on any atom is -0.496 e. The van der Waals surface area contributed by atoms with Crippen LogP contribution in [0.1, 0.15) is 15.9 Å². The smallest absolute Gasteiger partial charge is 0.259 e. The minimum absolute atomic E-state index is 0.254. The molecule has 21 heavy (non-hydrogen) atoms. The molecule has 2 N–H and O–H groups in total. The fourth-order valence-corrected chi connectivity index (χ4v) is 2.19. The molecule has 2 aromatic carbocycles. The highest BCUT2D eigenvalue weighted by Crippen LogP contribution is 2.24. The fourth-order valence-electron chi connectivity index (χ4n) is 2.02. The summed E-state index contributed by atoms with van der Waals surface area (Å²) in [7, 11) is 3.40. The average Bonchev–Trinajstić information content (AvgIpc) is 2.48. The molecule has 4 nitrogen and oxygen atoms in total. The summed E-state index contributed by atoms with van der Waals surface area (Å²) in [6.07, 6.45) is 0. The lowest BCUT2D eigenvalue weighted by molar-refractivity contribution is 0.102. The van der Waals surface area contributed by atoms with Gasteiger partial charge in [0.25, 0.3) is 5.91 Å². The van der Waals surface area contributed by atoms with E-state index >= 15 is 0 Å². The first-order valence-electron chi connectivity index (χ1n) is 6.52. The number of benzene rings is 2. The first kappa shape index (κ1) is 15.4. The van der Waals surface area contributed by atoms with Gasteiger partial charge in [0.1, 0.15) is 5.75 Å². The maximum atomic E-state index is 12.3. The molecular weight excluding hydrogens is 288 g/mol. The summed E-state index contributed by atoms with van der Waals surface area (Å²) in [6.45, 7) is 0.740. The van der Waals surface area contributed by atoms with Crippen LogP contribution in [-0.4, -0.2) is 20.1 Å². The summed E-state index contributed by atoms with van der Waals surface area (Å²) in [5.74, 6) is 0.235. The third kappa shape index (κ3) is 3.97. The van der Waals surface area contributed by atoms with Crippen LogP contribution in [0.5, 0.6) is 5.75 Å². The van der Waals surface area contributed by atoms with Crippen molar-refractivity contribution in [2.75, 3.05) is 19.5 Å². The zero-order valence-corrected chi connectivity index (χ0v) is 12.7. The van der Waals surface area contributed by atoms with Crippen LogP contribution in [0.25, 0.3) is 0 Å². The van der Waals surface area contributed by atoms with Crippen LogP contribution in [0.4, 0.5) is 5.69 Å². The number of hydrogen-bond acceptors (Lipinski definition) is 3. The standard InChI is InChI=1S/C16H17ClN2O2/c1-18-10-11-4-3-5-13(8-11)19-16(20)14-9-12(17)6-7-15(14)21-2/h3-9,18H,10H2,1-2H3,(H,19,20).